The number of para-hydroxylation sites is 1. The van der Waals surface area contributed by atoms with Gasteiger partial charge in [0.25, 0.3) is 0 Å². The van der Waals surface area contributed by atoms with Gasteiger partial charge in [-0.05, 0) is 6.07 Å². The van der Waals surface area contributed by atoms with Crippen molar-refractivity contribution < 1.29 is 9.62 Å². The number of hydrogen-bond donors (Lipinski definition) is 1. The number of benzene rings is 1. The van der Waals surface area contributed by atoms with Gasteiger partial charge in [-0.2, -0.15) is 0 Å². The number of hydrogen-bond acceptors (Lipinski definition) is 3. The summed E-state index contributed by atoms with van der Waals surface area (Å²) in [6, 6.07) is 7.58. The number of oxime groups is 1. The summed E-state index contributed by atoms with van der Waals surface area (Å²) in [5, 5.41) is 12.2. The summed E-state index contributed by atoms with van der Waals surface area (Å²) >= 11 is 0. The van der Waals surface area contributed by atoms with E-state index in [9.17, 15) is 0 Å². The molecule has 2 aromatic rings. The summed E-state index contributed by atoms with van der Waals surface area (Å²) in [5.41, 5.74) is 1.58. The Bertz CT molecular complexity index is 417. The second-order valence-electron chi connectivity index (χ2n) is 2.43. The van der Waals surface area contributed by atoms with Gasteiger partial charge >= 0.3 is 0 Å². The second-order valence-corrected chi connectivity index (χ2v) is 2.43. The van der Waals surface area contributed by atoms with E-state index in [1.54, 1.807) is 6.26 Å². The highest BCUT2D eigenvalue weighted by Crippen LogP contribution is 2.18. The first kappa shape index (κ1) is 6.91. The first-order valence-corrected chi connectivity index (χ1v) is 3.55. The van der Waals surface area contributed by atoms with Crippen LogP contribution in [-0.4, -0.2) is 11.4 Å². The molecule has 60 valence electrons. The maximum Gasteiger partial charge on any atom is 0.134 e. The maximum atomic E-state index is 8.33. The molecule has 1 aromatic heterocycles. The molecule has 0 aliphatic heterocycles. The number of nitrogens with zero attached hydrogens (tertiary/aromatic N) is 1. The Balaban J connectivity index is 2.70. The summed E-state index contributed by atoms with van der Waals surface area (Å²) in [4.78, 5) is 0. The summed E-state index contributed by atoms with van der Waals surface area (Å²) in [6.45, 7) is 0. The molecule has 1 heterocycles. The molecule has 0 fully saturated rings. The van der Waals surface area contributed by atoms with Crippen LogP contribution in [0.4, 0.5) is 0 Å². The summed E-state index contributed by atoms with van der Waals surface area (Å²) in [5.74, 6) is 0. The Morgan fingerprint density at radius 3 is 3.00 bits per heavy atom. The van der Waals surface area contributed by atoms with Gasteiger partial charge in [0.15, 0.2) is 0 Å². The lowest BCUT2D eigenvalue weighted by Gasteiger charge is -1.85. The quantitative estimate of drug-likeness (QED) is 0.396. The van der Waals surface area contributed by atoms with Crippen LogP contribution in [0, 0.1) is 0 Å². The molecule has 0 bridgehead atoms. The Morgan fingerprint density at radius 1 is 1.33 bits per heavy atom. The molecule has 12 heavy (non-hydrogen) atoms. The lowest BCUT2D eigenvalue weighted by atomic mass is 10.2. The van der Waals surface area contributed by atoms with Gasteiger partial charge in [0.05, 0.1) is 6.21 Å². The number of rotatable bonds is 1. The minimum Gasteiger partial charge on any atom is -0.464 e. The van der Waals surface area contributed by atoms with Crippen LogP contribution in [-0.2, 0) is 0 Å². The van der Waals surface area contributed by atoms with Crippen LogP contribution in [0.15, 0.2) is 40.1 Å². The molecule has 0 saturated carbocycles. The summed E-state index contributed by atoms with van der Waals surface area (Å²) < 4.78 is 5.20. The monoisotopic (exact) mass is 161 g/mol. The lowest BCUT2D eigenvalue weighted by molar-refractivity contribution is 0.322. The van der Waals surface area contributed by atoms with Crippen molar-refractivity contribution >= 4 is 17.2 Å². The zero-order valence-electron chi connectivity index (χ0n) is 6.27. The first-order chi connectivity index (χ1) is 5.92. The average molecular weight is 161 g/mol. The van der Waals surface area contributed by atoms with E-state index in [1.165, 1.54) is 6.21 Å². The van der Waals surface area contributed by atoms with Crippen molar-refractivity contribution in [1.82, 2.24) is 0 Å². The highest BCUT2D eigenvalue weighted by molar-refractivity contribution is 5.97. The Hall–Kier alpha value is -1.77. The van der Waals surface area contributed by atoms with Crippen molar-refractivity contribution in [3.05, 3.63) is 36.1 Å². The fraction of sp³-hybridized carbons (Fsp3) is 0. The minimum atomic E-state index is 0.785. The fourth-order valence-corrected chi connectivity index (χ4v) is 1.16. The molecule has 0 radical (unpaired) electrons. The molecule has 0 aliphatic rings. The predicted molar refractivity (Wildman–Crippen MR) is 45.6 cm³/mol. The van der Waals surface area contributed by atoms with Crippen LogP contribution in [0.1, 0.15) is 5.56 Å². The van der Waals surface area contributed by atoms with E-state index in [0.717, 1.165) is 16.5 Å². The van der Waals surface area contributed by atoms with Crippen LogP contribution in [0.3, 0.4) is 0 Å². The molecular weight excluding hydrogens is 154 g/mol. The van der Waals surface area contributed by atoms with E-state index in [2.05, 4.69) is 5.16 Å². The predicted octanol–water partition coefficient (Wildman–Crippen LogP) is 2.24. The normalized spacial score (nSPS) is 11.3. The topological polar surface area (TPSA) is 45.7 Å². The lowest BCUT2D eigenvalue weighted by Crippen LogP contribution is -1.75. The van der Waals surface area contributed by atoms with Gasteiger partial charge in [-0.15, -0.1) is 0 Å². The van der Waals surface area contributed by atoms with Gasteiger partial charge in [0, 0.05) is 10.9 Å². The zero-order chi connectivity index (χ0) is 8.39. The second kappa shape index (κ2) is 2.70. The summed E-state index contributed by atoms with van der Waals surface area (Å²) in [7, 11) is 0. The largest absolute Gasteiger partial charge is 0.464 e. The van der Waals surface area contributed by atoms with Gasteiger partial charge in [0.2, 0.25) is 0 Å². The Kier molecular flexibility index (Phi) is 1.55. The molecule has 0 unspecified atom stereocenters. The standard InChI is InChI=1S/C9H7NO2/c11-10-5-7-6-12-9-4-2-1-3-8(7)9/h1-6,11H/b10-5+. The number of furan rings is 1. The molecule has 2 rings (SSSR count). The maximum absolute atomic E-state index is 8.33. The van der Waals surface area contributed by atoms with E-state index >= 15 is 0 Å². The van der Waals surface area contributed by atoms with E-state index in [0.29, 0.717) is 0 Å². The SMILES string of the molecule is O/N=C/c1coc2ccccc12. The first-order valence-electron chi connectivity index (χ1n) is 3.55. The fourth-order valence-electron chi connectivity index (χ4n) is 1.16. The van der Waals surface area contributed by atoms with Crippen LogP contribution < -0.4 is 0 Å². The molecular formula is C9H7NO2. The molecule has 1 N–H and O–H groups in total. The van der Waals surface area contributed by atoms with Gasteiger partial charge in [-0.1, -0.05) is 23.4 Å². The van der Waals surface area contributed by atoms with E-state index in [4.69, 9.17) is 9.62 Å². The van der Waals surface area contributed by atoms with Crippen molar-refractivity contribution in [2.75, 3.05) is 0 Å². The smallest absolute Gasteiger partial charge is 0.134 e. The van der Waals surface area contributed by atoms with Crippen LogP contribution in [0.25, 0.3) is 11.0 Å². The van der Waals surface area contributed by atoms with E-state index in [1.807, 2.05) is 24.3 Å². The van der Waals surface area contributed by atoms with Gasteiger partial charge in [0.1, 0.15) is 11.8 Å². The van der Waals surface area contributed by atoms with Crippen LogP contribution in [0.2, 0.25) is 0 Å². The number of fused-ring (bicyclic) bond motifs is 1. The van der Waals surface area contributed by atoms with Gasteiger partial charge in [-0.25, -0.2) is 0 Å². The van der Waals surface area contributed by atoms with Crippen LogP contribution >= 0.6 is 0 Å². The third-order valence-corrected chi connectivity index (χ3v) is 1.71. The van der Waals surface area contributed by atoms with Crippen molar-refractivity contribution in [2.45, 2.75) is 0 Å². The third kappa shape index (κ3) is 0.955. The molecule has 3 nitrogen and oxygen atoms in total. The van der Waals surface area contributed by atoms with Gasteiger partial charge in [-0.3, -0.25) is 0 Å². The van der Waals surface area contributed by atoms with Crippen molar-refractivity contribution in [2.24, 2.45) is 5.16 Å². The molecule has 3 heteroatoms. The van der Waals surface area contributed by atoms with E-state index in [-0.39, 0.29) is 0 Å². The highest BCUT2D eigenvalue weighted by Gasteiger charge is 2.00. The Morgan fingerprint density at radius 2 is 2.17 bits per heavy atom. The van der Waals surface area contributed by atoms with Crippen LogP contribution in [0.5, 0.6) is 0 Å². The van der Waals surface area contributed by atoms with E-state index < -0.39 is 0 Å². The van der Waals surface area contributed by atoms with Crippen molar-refractivity contribution in [1.29, 1.82) is 0 Å². The average Bonchev–Trinajstić information content (AvgIpc) is 2.50. The van der Waals surface area contributed by atoms with Crippen molar-refractivity contribution in [3.8, 4) is 0 Å². The summed E-state index contributed by atoms with van der Waals surface area (Å²) in [6.07, 6.45) is 2.91. The molecule has 0 amide bonds. The highest BCUT2D eigenvalue weighted by atomic mass is 16.4. The van der Waals surface area contributed by atoms with Gasteiger partial charge < -0.3 is 9.62 Å². The molecule has 0 saturated heterocycles. The molecule has 1 aromatic carbocycles. The minimum absolute atomic E-state index is 0.785. The third-order valence-electron chi connectivity index (χ3n) is 1.71. The molecule has 0 atom stereocenters. The zero-order valence-corrected chi connectivity index (χ0v) is 6.27. The van der Waals surface area contributed by atoms with Crippen molar-refractivity contribution in [3.63, 3.8) is 0 Å². The molecule has 0 spiro atoms. The molecule has 0 aliphatic carbocycles. The Labute approximate surface area is 68.9 Å².